The molecule has 8 N–H and O–H groups in total. The lowest BCUT2D eigenvalue weighted by atomic mass is 10.0. The van der Waals surface area contributed by atoms with Gasteiger partial charge in [-0.15, -0.1) is 0 Å². The van der Waals surface area contributed by atoms with Crippen molar-refractivity contribution in [2.45, 2.75) is 62.7 Å². The molecule has 4 atom stereocenters. The van der Waals surface area contributed by atoms with Crippen molar-refractivity contribution in [2.75, 3.05) is 18.8 Å². The molecular weight excluding hydrogens is 474 g/mol. The van der Waals surface area contributed by atoms with E-state index in [-0.39, 0.29) is 30.3 Å². The minimum atomic E-state index is -1.24. The van der Waals surface area contributed by atoms with Crippen molar-refractivity contribution in [3.05, 3.63) is 29.8 Å². The van der Waals surface area contributed by atoms with Gasteiger partial charge in [-0.2, -0.15) is 12.6 Å². The number of nitrogens with one attached hydrogen (secondary N) is 2. The molecule has 0 aromatic heterocycles. The van der Waals surface area contributed by atoms with Crippen LogP contribution in [-0.2, 0) is 25.6 Å². The first-order chi connectivity index (χ1) is 16.7. The van der Waals surface area contributed by atoms with Crippen LogP contribution in [0, 0.1) is 0 Å². The summed E-state index contributed by atoms with van der Waals surface area (Å²) >= 11 is 4.05. The zero-order valence-electron chi connectivity index (χ0n) is 19.6. The third-order valence-corrected chi connectivity index (χ3v) is 6.32. The molecule has 0 radical (unpaired) electrons. The maximum atomic E-state index is 13.1. The number of phenols is 1. The van der Waals surface area contributed by atoms with Crippen LogP contribution in [0.15, 0.2) is 24.3 Å². The van der Waals surface area contributed by atoms with Gasteiger partial charge in [-0.3, -0.25) is 14.4 Å². The Morgan fingerprint density at radius 3 is 2.40 bits per heavy atom. The SMILES string of the molecule is NCCCCC(NC(=O)C1CCCN1C(=O)C(N)CS)C(=O)NC(Cc1ccc(O)cc1)C(=O)O. The number of benzene rings is 1. The molecule has 11 nitrogen and oxygen atoms in total. The minimum Gasteiger partial charge on any atom is -0.508 e. The van der Waals surface area contributed by atoms with Crippen molar-refractivity contribution in [3.8, 4) is 5.75 Å². The summed E-state index contributed by atoms with van der Waals surface area (Å²) < 4.78 is 0. The molecule has 1 fully saturated rings. The topological polar surface area (TPSA) is 188 Å². The summed E-state index contributed by atoms with van der Waals surface area (Å²) in [7, 11) is 0. The van der Waals surface area contributed by atoms with Crippen LogP contribution in [0.2, 0.25) is 0 Å². The average Bonchev–Trinajstić information content (AvgIpc) is 3.33. The predicted molar refractivity (Wildman–Crippen MR) is 133 cm³/mol. The lowest BCUT2D eigenvalue weighted by Gasteiger charge is -2.28. The summed E-state index contributed by atoms with van der Waals surface area (Å²) in [6.45, 7) is 0.795. The lowest BCUT2D eigenvalue weighted by molar-refractivity contribution is -0.143. The van der Waals surface area contributed by atoms with Gasteiger partial charge in [-0.1, -0.05) is 12.1 Å². The number of carboxylic acid groups (broad SMARTS) is 1. The molecule has 1 saturated heterocycles. The highest BCUT2D eigenvalue weighted by Gasteiger charge is 2.37. The number of unbranched alkanes of at least 4 members (excludes halogenated alkanes) is 1. The Morgan fingerprint density at radius 2 is 1.80 bits per heavy atom. The molecule has 1 heterocycles. The maximum Gasteiger partial charge on any atom is 0.326 e. The predicted octanol–water partition coefficient (Wildman–Crippen LogP) is -0.634. The van der Waals surface area contributed by atoms with Gasteiger partial charge in [-0.25, -0.2) is 4.79 Å². The number of amides is 3. The molecule has 3 amide bonds. The molecule has 2 rings (SSSR count). The van der Waals surface area contributed by atoms with E-state index < -0.39 is 42.0 Å². The highest BCUT2D eigenvalue weighted by atomic mass is 32.1. The fourth-order valence-electron chi connectivity index (χ4n) is 3.96. The number of nitrogens with two attached hydrogens (primary N) is 2. The lowest BCUT2D eigenvalue weighted by Crippen LogP contribution is -2.57. The second-order valence-corrected chi connectivity index (χ2v) is 8.96. The Bertz CT molecular complexity index is 884. The summed E-state index contributed by atoms with van der Waals surface area (Å²) in [5.74, 6) is -2.54. The highest BCUT2D eigenvalue weighted by molar-refractivity contribution is 7.80. The third kappa shape index (κ3) is 8.41. The van der Waals surface area contributed by atoms with E-state index in [0.29, 0.717) is 44.3 Å². The van der Waals surface area contributed by atoms with E-state index in [4.69, 9.17) is 11.5 Å². The first kappa shape index (κ1) is 28.4. The number of carbonyl (C=O) groups is 4. The summed E-state index contributed by atoms with van der Waals surface area (Å²) in [5.41, 5.74) is 12.0. The molecule has 1 aromatic rings. The Hall–Kier alpha value is -2.83. The normalized spacial score (nSPS) is 17.9. The van der Waals surface area contributed by atoms with E-state index in [0.717, 1.165) is 0 Å². The largest absolute Gasteiger partial charge is 0.508 e. The number of rotatable bonds is 13. The van der Waals surface area contributed by atoms with E-state index >= 15 is 0 Å². The van der Waals surface area contributed by atoms with Gasteiger partial charge in [0.05, 0.1) is 6.04 Å². The van der Waals surface area contributed by atoms with Crippen molar-refractivity contribution >= 4 is 36.3 Å². The fraction of sp³-hybridized carbons (Fsp3) is 0.565. The molecule has 1 aliphatic heterocycles. The number of carbonyl (C=O) groups excluding carboxylic acids is 3. The fourth-order valence-corrected chi connectivity index (χ4v) is 4.12. The standard InChI is InChI=1S/C23H35N5O6S/c24-10-2-1-4-17(26-21(31)19-5-3-11-28(19)22(32)16(25)13-35)20(30)27-18(23(33)34)12-14-6-8-15(29)9-7-14/h6-9,16-19,29,35H,1-5,10-13,24-25H2,(H,26,31)(H,27,30)(H,33,34). The van der Waals surface area contributed by atoms with Crippen molar-refractivity contribution in [1.29, 1.82) is 0 Å². The van der Waals surface area contributed by atoms with Crippen LogP contribution in [0.1, 0.15) is 37.7 Å². The molecule has 0 spiro atoms. The molecular formula is C23H35N5O6S. The number of likely N-dealkylation sites (tertiary alicyclic amines) is 1. The van der Waals surface area contributed by atoms with Crippen LogP contribution in [0.5, 0.6) is 5.75 Å². The minimum absolute atomic E-state index is 0.00264. The van der Waals surface area contributed by atoms with E-state index in [1.807, 2.05) is 0 Å². The van der Waals surface area contributed by atoms with Crippen LogP contribution in [0.4, 0.5) is 0 Å². The number of phenolic OH excluding ortho intramolecular Hbond substituents is 1. The van der Waals surface area contributed by atoms with E-state index in [9.17, 15) is 29.4 Å². The number of carboxylic acids is 1. The van der Waals surface area contributed by atoms with Crippen molar-refractivity contribution < 1.29 is 29.4 Å². The molecule has 194 valence electrons. The summed E-state index contributed by atoms with van der Waals surface area (Å²) in [4.78, 5) is 51.8. The third-order valence-electron chi connectivity index (χ3n) is 5.92. The van der Waals surface area contributed by atoms with Gasteiger partial charge in [0.15, 0.2) is 0 Å². The highest BCUT2D eigenvalue weighted by Crippen LogP contribution is 2.19. The van der Waals surface area contributed by atoms with Gasteiger partial charge in [-0.05, 0) is 56.3 Å². The van der Waals surface area contributed by atoms with Gasteiger partial charge in [0.25, 0.3) is 0 Å². The monoisotopic (exact) mass is 509 g/mol. The van der Waals surface area contributed by atoms with Gasteiger partial charge in [0.2, 0.25) is 17.7 Å². The molecule has 1 aromatic carbocycles. The molecule has 35 heavy (non-hydrogen) atoms. The number of nitrogens with zero attached hydrogens (tertiary/aromatic N) is 1. The molecule has 1 aliphatic rings. The van der Waals surface area contributed by atoms with Gasteiger partial charge in [0, 0.05) is 18.7 Å². The zero-order chi connectivity index (χ0) is 26.0. The van der Waals surface area contributed by atoms with Crippen LogP contribution in [0.25, 0.3) is 0 Å². The van der Waals surface area contributed by atoms with Crippen molar-refractivity contribution in [1.82, 2.24) is 15.5 Å². The van der Waals surface area contributed by atoms with Gasteiger partial charge in [0.1, 0.15) is 23.9 Å². The Labute approximate surface area is 210 Å². The van der Waals surface area contributed by atoms with Crippen LogP contribution in [-0.4, -0.2) is 81.8 Å². The molecule has 4 unspecified atom stereocenters. The second kappa shape index (κ2) is 13.9. The van der Waals surface area contributed by atoms with Crippen LogP contribution in [0.3, 0.4) is 0 Å². The second-order valence-electron chi connectivity index (χ2n) is 8.59. The summed E-state index contributed by atoms with van der Waals surface area (Å²) in [5, 5.41) is 24.3. The number of thiol groups is 1. The van der Waals surface area contributed by atoms with Crippen molar-refractivity contribution in [3.63, 3.8) is 0 Å². The zero-order valence-corrected chi connectivity index (χ0v) is 20.5. The molecule has 0 bridgehead atoms. The van der Waals surface area contributed by atoms with Gasteiger partial charge < -0.3 is 37.2 Å². The molecule has 12 heteroatoms. The summed E-state index contributed by atoms with van der Waals surface area (Å²) in [6, 6.07) is 2.18. The molecule has 0 saturated carbocycles. The Kier molecular flexibility index (Phi) is 11.3. The van der Waals surface area contributed by atoms with Gasteiger partial charge >= 0.3 is 5.97 Å². The van der Waals surface area contributed by atoms with E-state index in [1.165, 1.54) is 17.0 Å². The number of hydrogen-bond acceptors (Lipinski definition) is 8. The smallest absolute Gasteiger partial charge is 0.326 e. The average molecular weight is 510 g/mol. The number of aromatic hydroxyl groups is 1. The quantitative estimate of drug-likeness (QED) is 0.135. The number of aliphatic carboxylic acids is 1. The summed E-state index contributed by atoms with van der Waals surface area (Å²) in [6.07, 6.45) is 2.49. The van der Waals surface area contributed by atoms with Crippen LogP contribution < -0.4 is 22.1 Å². The van der Waals surface area contributed by atoms with Crippen LogP contribution >= 0.6 is 12.6 Å². The Balaban J connectivity index is 2.11. The maximum absolute atomic E-state index is 13.1. The van der Waals surface area contributed by atoms with E-state index in [2.05, 4.69) is 23.3 Å². The Morgan fingerprint density at radius 1 is 1.11 bits per heavy atom. The van der Waals surface area contributed by atoms with E-state index in [1.54, 1.807) is 12.1 Å². The molecule has 0 aliphatic carbocycles. The first-order valence-electron chi connectivity index (χ1n) is 11.7. The number of hydrogen-bond donors (Lipinski definition) is 7. The first-order valence-corrected chi connectivity index (χ1v) is 12.3. The van der Waals surface area contributed by atoms with Crippen molar-refractivity contribution in [2.24, 2.45) is 11.5 Å².